The molecular weight excluding hydrogens is 306 g/mol. The van der Waals surface area contributed by atoms with Gasteiger partial charge in [0.05, 0.1) is 31.8 Å². The molecule has 1 fully saturated rings. The van der Waals surface area contributed by atoms with E-state index in [1.54, 1.807) is 6.20 Å². The van der Waals surface area contributed by atoms with Crippen LogP contribution in [0.4, 0.5) is 0 Å². The second-order valence-corrected chi connectivity index (χ2v) is 5.81. The van der Waals surface area contributed by atoms with Crippen molar-refractivity contribution in [1.82, 2.24) is 15.3 Å². The van der Waals surface area contributed by atoms with E-state index in [1.165, 1.54) is 26.1 Å². The van der Waals surface area contributed by atoms with Gasteiger partial charge in [-0.1, -0.05) is 0 Å². The molecule has 1 aromatic carbocycles. The average Bonchev–Trinajstić information content (AvgIpc) is 2.67. The SMILES string of the molecule is COC(=O)c1cnc(-c2ccc(OCC3CCNCC3)cc2)cn1. The van der Waals surface area contributed by atoms with Crippen LogP contribution in [-0.2, 0) is 4.74 Å². The van der Waals surface area contributed by atoms with E-state index < -0.39 is 5.97 Å². The number of nitrogens with one attached hydrogen (secondary N) is 1. The van der Waals surface area contributed by atoms with Crippen molar-refractivity contribution in [2.45, 2.75) is 12.8 Å². The number of benzene rings is 1. The predicted molar refractivity (Wildman–Crippen MR) is 89.9 cm³/mol. The first kappa shape index (κ1) is 16.4. The number of hydrogen-bond acceptors (Lipinski definition) is 6. The van der Waals surface area contributed by atoms with Crippen LogP contribution in [-0.4, -0.2) is 42.7 Å². The maximum atomic E-state index is 11.4. The molecule has 0 aliphatic carbocycles. The molecule has 1 N–H and O–H groups in total. The van der Waals surface area contributed by atoms with Gasteiger partial charge < -0.3 is 14.8 Å². The zero-order valence-electron chi connectivity index (χ0n) is 13.7. The van der Waals surface area contributed by atoms with Crippen LogP contribution in [0.15, 0.2) is 36.7 Å². The minimum atomic E-state index is -0.490. The van der Waals surface area contributed by atoms with E-state index in [4.69, 9.17) is 4.74 Å². The predicted octanol–water partition coefficient (Wildman–Crippen LogP) is 2.31. The first-order chi connectivity index (χ1) is 11.8. The quantitative estimate of drug-likeness (QED) is 0.850. The summed E-state index contributed by atoms with van der Waals surface area (Å²) < 4.78 is 10.5. The van der Waals surface area contributed by atoms with E-state index in [-0.39, 0.29) is 5.69 Å². The molecule has 126 valence electrons. The smallest absolute Gasteiger partial charge is 0.358 e. The molecule has 2 heterocycles. The Morgan fingerprint density at radius 1 is 1.17 bits per heavy atom. The van der Waals surface area contributed by atoms with Gasteiger partial charge in [0.25, 0.3) is 0 Å². The lowest BCUT2D eigenvalue weighted by molar-refractivity contribution is 0.0593. The fraction of sp³-hybridized carbons (Fsp3) is 0.389. The molecule has 6 heteroatoms. The van der Waals surface area contributed by atoms with Crippen molar-refractivity contribution in [3.63, 3.8) is 0 Å². The molecule has 0 saturated carbocycles. The number of hydrogen-bond donors (Lipinski definition) is 1. The third kappa shape index (κ3) is 4.08. The van der Waals surface area contributed by atoms with Gasteiger partial charge in [0.2, 0.25) is 0 Å². The minimum Gasteiger partial charge on any atom is -0.493 e. The zero-order valence-corrected chi connectivity index (χ0v) is 13.7. The first-order valence-corrected chi connectivity index (χ1v) is 8.10. The number of ether oxygens (including phenoxy) is 2. The number of rotatable bonds is 5. The van der Waals surface area contributed by atoms with Crippen molar-refractivity contribution in [3.05, 3.63) is 42.4 Å². The molecule has 1 aliphatic heterocycles. The third-order valence-corrected chi connectivity index (χ3v) is 4.14. The summed E-state index contributed by atoms with van der Waals surface area (Å²) in [7, 11) is 1.32. The summed E-state index contributed by atoms with van der Waals surface area (Å²) in [6, 6.07) is 7.76. The van der Waals surface area contributed by atoms with Crippen molar-refractivity contribution in [3.8, 4) is 17.0 Å². The Balaban J connectivity index is 1.60. The number of esters is 1. The van der Waals surface area contributed by atoms with E-state index in [9.17, 15) is 4.79 Å². The molecule has 1 saturated heterocycles. The number of nitrogens with zero attached hydrogens (tertiary/aromatic N) is 2. The second-order valence-electron chi connectivity index (χ2n) is 5.81. The molecule has 0 atom stereocenters. The summed E-state index contributed by atoms with van der Waals surface area (Å²) in [6.07, 6.45) is 5.32. The molecule has 24 heavy (non-hydrogen) atoms. The topological polar surface area (TPSA) is 73.3 Å². The average molecular weight is 327 g/mol. The van der Waals surface area contributed by atoms with Crippen molar-refractivity contribution in [1.29, 1.82) is 0 Å². The van der Waals surface area contributed by atoms with Crippen LogP contribution in [0.2, 0.25) is 0 Å². The Morgan fingerprint density at radius 3 is 2.54 bits per heavy atom. The molecule has 1 aromatic heterocycles. The van der Waals surface area contributed by atoms with Gasteiger partial charge in [0, 0.05) is 5.56 Å². The number of aromatic nitrogens is 2. The van der Waals surface area contributed by atoms with Gasteiger partial charge in [0.1, 0.15) is 5.75 Å². The molecule has 0 amide bonds. The summed E-state index contributed by atoms with van der Waals surface area (Å²) in [4.78, 5) is 19.7. The highest BCUT2D eigenvalue weighted by Crippen LogP contribution is 2.21. The summed E-state index contributed by atoms with van der Waals surface area (Å²) in [5, 5.41) is 3.36. The van der Waals surface area contributed by atoms with Crippen LogP contribution < -0.4 is 10.1 Å². The van der Waals surface area contributed by atoms with Gasteiger partial charge >= 0.3 is 5.97 Å². The maximum Gasteiger partial charge on any atom is 0.358 e. The molecule has 2 aromatic rings. The Kier molecular flexibility index (Phi) is 5.38. The molecule has 3 rings (SSSR count). The molecule has 0 unspecified atom stereocenters. The van der Waals surface area contributed by atoms with Crippen LogP contribution in [0.1, 0.15) is 23.3 Å². The molecule has 6 nitrogen and oxygen atoms in total. The van der Waals surface area contributed by atoms with E-state index >= 15 is 0 Å². The van der Waals surface area contributed by atoms with Crippen LogP contribution in [0, 0.1) is 5.92 Å². The number of carbonyl (C=O) groups is 1. The Labute approximate surface area is 141 Å². The standard InChI is InChI=1S/C18H21N3O3/c1-23-18(22)17-11-20-16(10-21-17)14-2-4-15(5-3-14)24-12-13-6-8-19-9-7-13/h2-5,10-11,13,19H,6-9,12H2,1H3. The van der Waals surface area contributed by atoms with E-state index in [0.29, 0.717) is 11.6 Å². The van der Waals surface area contributed by atoms with Crippen molar-refractivity contribution >= 4 is 5.97 Å². The van der Waals surface area contributed by atoms with Crippen LogP contribution in [0.3, 0.4) is 0 Å². The lowest BCUT2D eigenvalue weighted by Crippen LogP contribution is -2.30. The minimum absolute atomic E-state index is 0.197. The molecule has 0 radical (unpaired) electrons. The van der Waals surface area contributed by atoms with E-state index in [0.717, 1.165) is 31.0 Å². The largest absolute Gasteiger partial charge is 0.493 e. The summed E-state index contributed by atoms with van der Waals surface area (Å²) in [5.74, 6) is 0.995. The fourth-order valence-electron chi connectivity index (χ4n) is 2.67. The highest BCUT2D eigenvalue weighted by molar-refractivity contribution is 5.86. The highest BCUT2D eigenvalue weighted by Gasteiger charge is 2.13. The summed E-state index contributed by atoms with van der Waals surface area (Å²) >= 11 is 0. The van der Waals surface area contributed by atoms with Gasteiger partial charge in [-0.3, -0.25) is 4.98 Å². The Morgan fingerprint density at radius 2 is 1.92 bits per heavy atom. The van der Waals surface area contributed by atoms with Gasteiger partial charge in [-0.2, -0.15) is 0 Å². The van der Waals surface area contributed by atoms with Crippen LogP contribution in [0.5, 0.6) is 5.75 Å². The number of methoxy groups -OCH3 is 1. The van der Waals surface area contributed by atoms with Crippen molar-refractivity contribution in [2.24, 2.45) is 5.92 Å². The van der Waals surface area contributed by atoms with E-state index in [2.05, 4.69) is 20.0 Å². The molecule has 0 bridgehead atoms. The molecule has 1 aliphatic rings. The lowest BCUT2D eigenvalue weighted by atomic mass is 9.99. The third-order valence-electron chi connectivity index (χ3n) is 4.14. The molecular formula is C18H21N3O3. The normalized spacial score (nSPS) is 15.0. The van der Waals surface area contributed by atoms with Gasteiger partial charge in [0.15, 0.2) is 5.69 Å². The first-order valence-electron chi connectivity index (χ1n) is 8.10. The summed E-state index contributed by atoms with van der Waals surface area (Å²) in [5.41, 5.74) is 1.82. The maximum absolute atomic E-state index is 11.4. The number of carbonyl (C=O) groups excluding carboxylic acids is 1. The van der Waals surface area contributed by atoms with Crippen LogP contribution in [0.25, 0.3) is 11.3 Å². The fourth-order valence-corrected chi connectivity index (χ4v) is 2.67. The van der Waals surface area contributed by atoms with Crippen LogP contribution >= 0.6 is 0 Å². The second kappa shape index (κ2) is 7.88. The van der Waals surface area contributed by atoms with Gasteiger partial charge in [-0.15, -0.1) is 0 Å². The van der Waals surface area contributed by atoms with Crippen molar-refractivity contribution in [2.75, 3.05) is 26.8 Å². The van der Waals surface area contributed by atoms with E-state index in [1.807, 2.05) is 24.3 Å². The lowest BCUT2D eigenvalue weighted by Gasteiger charge is -2.22. The monoisotopic (exact) mass is 327 g/mol. The van der Waals surface area contributed by atoms with Crippen molar-refractivity contribution < 1.29 is 14.3 Å². The highest BCUT2D eigenvalue weighted by atomic mass is 16.5. The Bertz CT molecular complexity index is 665. The zero-order chi connectivity index (χ0) is 16.8. The molecule has 0 spiro atoms. The van der Waals surface area contributed by atoms with Gasteiger partial charge in [-0.05, 0) is 56.1 Å². The Hall–Kier alpha value is -2.47. The number of piperidine rings is 1. The summed E-state index contributed by atoms with van der Waals surface area (Å²) in [6.45, 7) is 2.91. The van der Waals surface area contributed by atoms with Gasteiger partial charge in [-0.25, -0.2) is 9.78 Å².